The van der Waals surface area contributed by atoms with Gasteiger partial charge < -0.3 is 9.80 Å². The van der Waals surface area contributed by atoms with Crippen LogP contribution in [-0.2, 0) is 12.8 Å². The fourth-order valence-corrected chi connectivity index (χ4v) is 4.20. The molecule has 0 spiro atoms. The molecule has 28 heavy (non-hydrogen) atoms. The Morgan fingerprint density at radius 1 is 0.786 bits per heavy atom. The van der Waals surface area contributed by atoms with E-state index in [0.29, 0.717) is 5.92 Å². The minimum Gasteiger partial charge on any atom is -0.375 e. The normalized spacial score (nSPS) is 14.0. The zero-order valence-corrected chi connectivity index (χ0v) is 17.0. The maximum Gasteiger partial charge on any atom is 0.0443 e. The van der Waals surface area contributed by atoms with Crippen molar-refractivity contribution in [2.45, 2.75) is 26.2 Å². The third kappa shape index (κ3) is 4.06. The van der Waals surface area contributed by atoms with E-state index in [-0.39, 0.29) is 0 Å². The summed E-state index contributed by atoms with van der Waals surface area (Å²) in [4.78, 5) is 4.92. The maximum atomic E-state index is 2.56. The highest BCUT2D eigenvalue weighted by atomic mass is 15.1. The third-order valence-electron chi connectivity index (χ3n) is 5.88. The topological polar surface area (TPSA) is 6.48 Å². The van der Waals surface area contributed by atoms with E-state index in [1.165, 1.54) is 34.6 Å². The molecule has 1 unspecified atom stereocenters. The molecule has 2 heteroatoms. The highest BCUT2D eigenvalue weighted by molar-refractivity contribution is 5.71. The molecule has 3 aromatic rings. The molecule has 1 heterocycles. The number of nitrogens with zero attached hydrogens (tertiary/aromatic N) is 2. The van der Waals surface area contributed by atoms with Gasteiger partial charge in [-0.05, 0) is 60.6 Å². The van der Waals surface area contributed by atoms with Crippen LogP contribution in [0.4, 0.5) is 17.1 Å². The summed E-state index contributed by atoms with van der Waals surface area (Å²) in [5.41, 5.74) is 6.99. The second-order valence-electron chi connectivity index (χ2n) is 8.02. The van der Waals surface area contributed by atoms with Gasteiger partial charge in [-0.15, -0.1) is 0 Å². The zero-order chi connectivity index (χ0) is 19.3. The van der Waals surface area contributed by atoms with Gasteiger partial charge in [0.1, 0.15) is 0 Å². The molecule has 0 N–H and O–H groups in total. The first kappa shape index (κ1) is 18.6. The van der Waals surface area contributed by atoms with Crippen molar-refractivity contribution in [3.05, 3.63) is 90.0 Å². The Kier molecular flexibility index (Phi) is 5.66. The van der Waals surface area contributed by atoms with Gasteiger partial charge >= 0.3 is 0 Å². The van der Waals surface area contributed by atoms with Crippen LogP contribution in [0.2, 0.25) is 0 Å². The Hall–Kier alpha value is -2.74. The molecule has 0 radical (unpaired) electrons. The Labute approximate surface area is 169 Å². The highest BCUT2D eigenvalue weighted by Gasteiger charge is 2.21. The largest absolute Gasteiger partial charge is 0.375 e. The first-order valence-electron chi connectivity index (χ1n) is 10.4. The summed E-state index contributed by atoms with van der Waals surface area (Å²) in [6.45, 7) is 4.51. The SMILES string of the molecule is CC(CCN(C)c1ccccc1)CN1c2ccccc2CCc2ccccc21. The maximum absolute atomic E-state index is 2.56. The van der Waals surface area contributed by atoms with Crippen LogP contribution in [-0.4, -0.2) is 20.1 Å². The first-order chi connectivity index (χ1) is 13.7. The van der Waals surface area contributed by atoms with E-state index in [1.54, 1.807) is 0 Å². The molecule has 144 valence electrons. The van der Waals surface area contributed by atoms with Gasteiger partial charge in [0.15, 0.2) is 0 Å². The average molecular weight is 371 g/mol. The molecule has 0 fully saturated rings. The fourth-order valence-electron chi connectivity index (χ4n) is 4.20. The number of fused-ring (bicyclic) bond motifs is 2. The fraction of sp³-hybridized carbons (Fsp3) is 0.308. The number of anilines is 3. The molecule has 0 aliphatic carbocycles. The number of benzene rings is 3. The average Bonchev–Trinajstić information content (AvgIpc) is 2.90. The van der Waals surface area contributed by atoms with Crippen molar-refractivity contribution in [2.75, 3.05) is 29.9 Å². The van der Waals surface area contributed by atoms with Crippen LogP contribution < -0.4 is 9.80 Å². The number of para-hydroxylation sites is 3. The Bertz CT molecular complexity index is 856. The number of hydrogen-bond donors (Lipinski definition) is 0. The summed E-state index contributed by atoms with van der Waals surface area (Å²) in [5, 5.41) is 0. The van der Waals surface area contributed by atoms with Gasteiger partial charge in [0.2, 0.25) is 0 Å². The summed E-state index contributed by atoms with van der Waals surface area (Å²) in [7, 11) is 2.19. The van der Waals surface area contributed by atoms with Crippen molar-refractivity contribution >= 4 is 17.1 Å². The van der Waals surface area contributed by atoms with E-state index in [2.05, 4.69) is 103 Å². The Balaban J connectivity index is 1.50. The smallest absolute Gasteiger partial charge is 0.0443 e. The minimum absolute atomic E-state index is 0.602. The lowest BCUT2D eigenvalue weighted by atomic mass is 10.0. The molecule has 0 saturated carbocycles. The van der Waals surface area contributed by atoms with E-state index < -0.39 is 0 Å². The monoisotopic (exact) mass is 370 g/mol. The summed E-state index contributed by atoms with van der Waals surface area (Å²) >= 11 is 0. The molecule has 1 atom stereocenters. The number of rotatable bonds is 6. The molecule has 1 aliphatic heterocycles. The van der Waals surface area contributed by atoms with Crippen LogP contribution in [0, 0.1) is 5.92 Å². The van der Waals surface area contributed by atoms with Gasteiger partial charge in [0.05, 0.1) is 0 Å². The van der Waals surface area contributed by atoms with Gasteiger partial charge in [-0.3, -0.25) is 0 Å². The lowest BCUT2D eigenvalue weighted by molar-refractivity contribution is 0.539. The van der Waals surface area contributed by atoms with Crippen molar-refractivity contribution in [3.8, 4) is 0 Å². The van der Waals surface area contributed by atoms with E-state index in [4.69, 9.17) is 0 Å². The molecule has 4 rings (SSSR count). The van der Waals surface area contributed by atoms with Gasteiger partial charge in [-0.1, -0.05) is 61.5 Å². The van der Waals surface area contributed by atoms with Crippen LogP contribution in [0.5, 0.6) is 0 Å². The van der Waals surface area contributed by atoms with Crippen LogP contribution >= 0.6 is 0 Å². The number of hydrogen-bond acceptors (Lipinski definition) is 2. The highest BCUT2D eigenvalue weighted by Crippen LogP contribution is 2.36. The standard InChI is InChI=1S/C26H30N2/c1-21(18-19-27(2)24-12-4-3-5-13-24)20-28-25-14-8-6-10-22(25)16-17-23-11-7-9-15-26(23)28/h3-15,21H,16-20H2,1-2H3. The van der Waals surface area contributed by atoms with Crippen LogP contribution in [0.15, 0.2) is 78.9 Å². The second kappa shape index (κ2) is 8.52. The summed E-state index contributed by atoms with van der Waals surface area (Å²) in [6.07, 6.45) is 3.41. The van der Waals surface area contributed by atoms with Crippen LogP contribution in [0.1, 0.15) is 24.5 Å². The zero-order valence-electron chi connectivity index (χ0n) is 17.0. The first-order valence-corrected chi connectivity index (χ1v) is 10.4. The van der Waals surface area contributed by atoms with Crippen molar-refractivity contribution in [2.24, 2.45) is 5.92 Å². The van der Waals surface area contributed by atoms with Crippen LogP contribution in [0.25, 0.3) is 0 Å². The van der Waals surface area contributed by atoms with Crippen LogP contribution in [0.3, 0.4) is 0 Å². The molecular formula is C26H30N2. The molecule has 0 amide bonds. The summed E-state index contributed by atoms with van der Waals surface area (Å²) in [6, 6.07) is 28.5. The molecule has 3 aromatic carbocycles. The Morgan fingerprint density at radius 3 is 1.93 bits per heavy atom. The quantitative estimate of drug-likeness (QED) is 0.518. The molecule has 0 bridgehead atoms. The molecule has 0 saturated heterocycles. The second-order valence-corrected chi connectivity index (χ2v) is 8.02. The predicted octanol–water partition coefficient (Wildman–Crippen LogP) is 6.09. The van der Waals surface area contributed by atoms with Gasteiger partial charge in [0.25, 0.3) is 0 Å². The van der Waals surface area contributed by atoms with E-state index in [9.17, 15) is 0 Å². The predicted molar refractivity (Wildman–Crippen MR) is 121 cm³/mol. The van der Waals surface area contributed by atoms with E-state index in [1.807, 2.05) is 0 Å². The summed E-state index contributed by atoms with van der Waals surface area (Å²) in [5.74, 6) is 0.602. The van der Waals surface area contributed by atoms with Crippen molar-refractivity contribution < 1.29 is 0 Å². The summed E-state index contributed by atoms with van der Waals surface area (Å²) < 4.78 is 0. The lowest BCUT2D eigenvalue weighted by Gasteiger charge is -2.30. The minimum atomic E-state index is 0.602. The molecule has 2 nitrogen and oxygen atoms in total. The molecular weight excluding hydrogens is 340 g/mol. The molecule has 1 aliphatic rings. The lowest BCUT2D eigenvalue weighted by Crippen LogP contribution is -2.28. The third-order valence-corrected chi connectivity index (χ3v) is 5.88. The van der Waals surface area contributed by atoms with E-state index >= 15 is 0 Å². The van der Waals surface area contributed by atoms with Crippen molar-refractivity contribution in [3.63, 3.8) is 0 Å². The molecule has 0 aromatic heterocycles. The van der Waals surface area contributed by atoms with Crippen molar-refractivity contribution in [1.29, 1.82) is 0 Å². The van der Waals surface area contributed by atoms with Gasteiger partial charge in [0, 0.05) is 37.2 Å². The van der Waals surface area contributed by atoms with E-state index in [0.717, 1.165) is 25.9 Å². The number of aryl methyl sites for hydroxylation is 2. The van der Waals surface area contributed by atoms with Gasteiger partial charge in [-0.2, -0.15) is 0 Å². The van der Waals surface area contributed by atoms with Gasteiger partial charge in [-0.25, -0.2) is 0 Å². The Morgan fingerprint density at radius 2 is 1.32 bits per heavy atom. The van der Waals surface area contributed by atoms with Crippen molar-refractivity contribution in [1.82, 2.24) is 0 Å².